The van der Waals surface area contributed by atoms with E-state index in [9.17, 15) is 0 Å². The Labute approximate surface area is 76.3 Å². The van der Waals surface area contributed by atoms with Crippen LogP contribution < -0.4 is 10.0 Å². The predicted octanol–water partition coefficient (Wildman–Crippen LogP) is 2.37. The van der Waals surface area contributed by atoms with Crippen molar-refractivity contribution in [3.8, 4) is 5.75 Å². The highest BCUT2D eigenvalue weighted by Gasteiger charge is 1.95. The third-order valence-electron chi connectivity index (χ3n) is 1.67. The highest BCUT2D eigenvalue weighted by atomic mass is 31.0. The standard InChI is InChI=1S/C10H15OP/c1-2-3-8-11-9-6-4-5-7-10(9)12/h4-7H,2-3,8,12H2,1H3. The molecule has 0 spiro atoms. The van der Waals surface area contributed by atoms with Crippen LogP contribution in [0.3, 0.4) is 0 Å². The average Bonchev–Trinajstić information content (AvgIpc) is 2.09. The molecule has 0 aliphatic carbocycles. The van der Waals surface area contributed by atoms with Crippen molar-refractivity contribution in [1.82, 2.24) is 0 Å². The summed E-state index contributed by atoms with van der Waals surface area (Å²) in [4.78, 5) is 0. The summed E-state index contributed by atoms with van der Waals surface area (Å²) in [5.74, 6) is 0.982. The fourth-order valence-electron chi connectivity index (χ4n) is 0.938. The van der Waals surface area contributed by atoms with Gasteiger partial charge in [0.2, 0.25) is 0 Å². The number of ether oxygens (including phenoxy) is 1. The number of rotatable bonds is 4. The van der Waals surface area contributed by atoms with Gasteiger partial charge in [-0.15, -0.1) is 9.24 Å². The molecule has 1 atom stereocenters. The van der Waals surface area contributed by atoms with Crippen LogP contribution in [0, 0.1) is 0 Å². The summed E-state index contributed by atoms with van der Waals surface area (Å²) in [6.07, 6.45) is 2.30. The second-order valence-electron chi connectivity index (χ2n) is 2.74. The Kier molecular flexibility index (Phi) is 4.10. The van der Waals surface area contributed by atoms with Crippen LogP contribution in [0.5, 0.6) is 5.75 Å². The molecule has 0 aliphatic rings. The molecular formula is C10H15OP. The zero-order valence-corrected chi connectivity index (χ0v) is 8.57. The van der Waals surface area contributed by atoms with Gasteiger partial charge in [-0.1, -0.05) is 31.5 Å². The van der Waals surface area contributed by atoms with E-state index in [1.54, 1.807) is 0 Å². The minimum absolute atomic E-state index is 0.821. The molecule has 0 bridgehead atoms. The molecule has 0 aromatic heterocycles. The van der Waals surface area contributed by atoms with E-state index in [-0.39, 0.29) is 0 Å². The van der Waals surface area contributed by atoms with Crippen LogP contribution in [0.4, 0.5) is 0 Å². The molecule has 0 saturated carbocycles. The SMILES string of the molecule is CCCCOc1ccccc1P. The van der Waals surface area contributed by atoms with Gasteiger partial charge in [0.1, 0.15) is 5.75 Å². The molecule has 2 heteroatoms. The van der Waals surface area contributed by atoms with Gasteiger partial charge >= 0.3 is 0 Å². The van der Waals surface area contributed by atoms with Gasteiger partial charge in [0.25, 0.3) is 0 Å². The minimum atomic E-state index is 0.821. The van der Waals surface area contributed by atoms with E-state index < -0.39 is 0 Å². The van der Waals surface area contributed by atoms with Crippen LogP contribution >= 0.6 is 9.24 Å². The Morgan fingerprint density at radius 1 is 1.33 bits per heavy atom. The number of unbranched alkanes of at least 4 members (excludes halogenated alkanes) is 1. The van der Waals surface area contributed by atoms with Gasteiger partial charge < -0.3 is 4.74 Å². The van der Waals surface area contributed by atoms with Crippen molar-refractivity contribution in [2.24, 2.45) is 0 Å². The van der Waals surface area contributed by atoms with Crippen LogP contribution in [0.1, 0.15) is 19.8 Å². The quantitative estimate of drug-likeness (QED) is 0.513. The molecule has 0 saturated heterocycles. The highest BCUT2D eigenvalue weighted by molar-refractivity contribution is 7.27. The predicted molar refractivity (Wildman–Crippen MR) is 56.2 cm³/mol. The Morgan fingerprint density at radius 2 is 2.08 bits per heavy atom. The van der Waals surface area contributed by atoms with Crippen LogP contribution in [-0.2, 0) is 0 Å². The van der Waals surface area contributed by atoms with Crippen molar-refractivity contribution < 1.29 is 4.74 Å². The van der Waals surface area contributed by atoms with Gasteiger partial charge in [-0.25, -0.2) is 0 Å². The summed E-state index contributed by atoms with van der Waals surface area (Å²) >= 11 is 0. The van der Waals surface area contributed by atoms with E-state index in [0.29, 0.717) is 0 Å². The lowest BCUT2D eigenvalue weighted by Gasteiger charge is -2.06. The topological polar surface area (TPSA) is 9.23 Å². The van der Waals surface area contributed by atoms with Gasteiger partial charge in [-0.3, -0.25) is 0 Å². The van der Waals surface area contributed by atoms with E-state index in [4.69, 9.17) is 4.74 Å². The molecule has 0 aliphatic heterocycles. The summed E-state index contributed by atoms with van der Waals surface area (Å²) in [6.45, 7) is 2.98. The van der Waals surface area contributed by atoms with Gasteiger partial charge in [0.05, 0.1) is 6.61 Å². The maximum absolute atomic E-state index is 5.56. The molecule has 1 rings (SSSR count). The lowest BCUT2D eigenvalue weighted by molar-refractivity contribution is 0.312. The number of hydrogen-bond donors (Lipinski definition) is 0. The van der Waals surface area contributed by atoms with Crippen molar-refractivity contribution in [2.75, 3.05) is 6.61 Å². The monoisotopic (exact) mass is 182 g/mol. The van der Waals surface area contributed by atoms with Gasteiger partial charge in [-0.2, -0.15) is 0 Å². The van der Waals surface area contributed by atoms with E-state index in [2.05, 4.69) is 16.2 Å². The first-order chi connectivity index (χ1) is 5.84. The fraction of sp³-hybridized carbons (Fsp3) is 0.400. The van der Waals surface area contributed by atoms with Crippen LogP contribution in [-0.4, -0.2) is 6.61 Å². The maximum atomic E-state index is 5.56. The normalized spacial score (nSPS) is 9.83. The van der Waals surface area contributed by atoms with Crippen molar-refractivity contribution in [1.29, 1.82) is 0 Å². The third kappa shape index (κ3) is 2.83. The molecule has 0 fully saturated rings. The molecule has 0 N–H and O–H groups in total. The third-order valence-corrected chi connectivity index (χ3v) is 2.15. The smallest absolute Gasteiger partial charge is 0.126 e. The summed E-state index contributed by atoms with van der Waals surface area (Å²) in [5.41, 5.74) is 0. The van der Waals surface area contributed by atoms with E-state index in [1.807, 2.05) is 24.3 Å². The number of para-hydroxylation sites is 1. The molecule has 1 nitrogen and oxygen atoms in total. The number of benzene rings is 1. The largest absolute Gasteiger partial charge is 0.493 e. The molecule has 0 radical (unpaired) electrons. The Bertz CT molecular complexity index is 235. The Hall–Kier alpha value is -0.550. The second-order valence-corrected chi connectivity index (χ2v) is 3.36. The maximum Gasteiger partial charge on any atom is 0.126 e. The van der Waals surface area contributed by atoms with Crippen molar-refractivity contribution in [3.05, 3.63) is 24.3 Å². The summed E-state index contributed by atoms with van der Waals surface area (Å²) in [6, 6.07) is 8.04. The summed E-state index contributed by atoms with van der Waals surface area (Å²) < 4.78 is 5.56. The first kappa shape index (κ1) is 9.54. The minimum Gasteiger partial charge on any atom is -0.493 e. The van der Waals surface area contributed by atoms with Crippen LogP contribution in [0.25, 0.3) is 0 Å². The zero-order valence-electron chi connectivity index (χ0n) is 7.42. The first-order valence-corrected chi connectivity index (χ1v) is 4.89. The molecule has 1 aromatic rings. The van der Waals surface area contributed by atoms with Gasteiger partial charge in [-0.05, 0) is 12.5 Å². The van der Waals surface area contributed by atoms with Crippen LogP contribution in [0.2, 0.25) is 0 Å². The molecule has 66 valence electrons. The lowest BCUT2D eigenvalue weighted by atomic mass is 10.3. The van der Waals surface area contributed by atoms with Gasteiger partial charge in [0, 0.05) is 5.30 Å². The van der Waals surface area contributed by atoms with Crippen LogP contribution in [0.15, 0.2) is 24.3 Å². The summed E-state index contributed by atoms with van der Waals surface area (Å²) in [7, 11) is 2.67. The lowest BCUT2D eigenvalue weighted by Crippen LogP contribution is -2.03. The Morgan fingerprint density at radius 3 is 2.75 bits per heavy atom. The fourth-order valence-corrected chi connectivity index (χ4v) is 1.23. The highest BCUT2D eigenvalue weighted by Crippen LogP contribution is 2.09. The first-order valence-electron chi connectivity index (χ1n) is 4.32. The zero-order chi connectivity index (χ0) is 8.81. The van der Waals surface area contributed by atoms with Crippen molar-refractivity contribution in [2.45, 2.75) is 19.8 Å². The number of hydrogen-bond acceptors (Lipinski definition) is 1. The summed E-state index contributed by atoms with van der Waals surface area (Å²) in [5, 5.41) is 1.13. The van der Waals surface area contributed by atoms with E-state index in [0.717, 1.165) is 24.1 Å². The molecular weight excluding hydrogens is 167 g/mol. The average molecular weight is 182 g/mol. The second kappa shape index (κ2) is 5.16. The molecule has 12 heavy (non-hydrogen) atoms. The molecule has 1 unspecified atom stereocenters. The Balaban J connectivity index is 2.46. The van der Waals surface area contributed by atoms with Crippen molar-refractivity contribution >= 4 is 14.5 Å². The molecule has 0 heterocycles. The van der Waals surface area contributed by atoms with E-state index in [1.165, 1.54) is 6.42 Å². The van der Waals surface area contributed by atoms with E-state index >= 15 is 0 Å². The molecule has 0 amide bonds. The molecule has 1 aromatic carbocycles. The van der Waals surface area contributed by atoms with Crippen molar-refractivity contribution in [3.63, 3.8) is 0 Å². The van der Waals surface area contributed by atoms with Gasteiger partial charge in [0.15, 0.2) is 0 Å².